The van der Waals surface area contributed by atoms with Gasteiger partial charge in [-0.15, -0.1) is 11.8 Å². The van der Waals surface area contributed by atoms with Crippen molar-refractivity contribution in [3.63, 3.8) is 0 Å². The predicted octanol–water partition coefficient (Wildman–Crippen LogP) is 2.71. The van der Waals surface area contributed by atoms with Crippen molar-refractivity contribution in [3.05, 3.63) is 17.7 Å². The van der Waals surface area contributed by atoms with Crippen molar-refractivity contribution in [2.45, 2.75) is 24.2 Å². The lowest BCUT2D eigenvalue weighted by Crippen LogP contribution is -2.01. The minimum atomic E-state index is 0.752. The number of benzene rings is 1. The van der Waals surface area contributed by atoms with E-state index in [1.807, 2.05) is 6.07 Å². The van der Waals surface area contributed by atoms with E-state index >= 15 is 0 Å². The average Bonchev–Trinajstić information content (AvgIpc) is 2.38. The molecule has 0 atom stereocenters. The molecule has 0 saturated carbocycles. The first-order chi connectivity index (χ1) is 8.28. The molecule has 0 aliphatic heterocycles. The topological polar surface area (TPSA) is 44.5 Å². The summed E-state index contributed by atoms with van der Waals surface area (Å²) in [6.45, 7) is 0.752. The van der Waals surface area contributed by atoms with E-state index < -0.39 is 0 Å². The van der Waals surface area contributed by atoms with Gasteiger partial charge in [-0.05, 0) is 43.7 Å². The van der Waals surface area contributed by atoms with Crippen LogP contribution >= 0.6 is 11.8 Å². The Kier molecular flexibility index (Phi) is 6.22. The molecule has 0 radical (unpaired) electrons. The molecule has 0 aromatic heterocycles. The third kappa shape index (κ3) is 3.54. The summed E-state index contributed by atoms with van der Waals surface area (Å²) in [6.07, 6.45) is 5.26. The van der Waals surface area contributed by atoms with E-state index in [1.165, 1.54) is 10.5 Å². The molecule has 1 aromatic rings. The molecule has 0 heterocycles. The van der Waals surface area contributed by atoms with Crippen LogP contribution in [0.4, 0.5) is 0 Å². The van der Waals surface area contributed by atoms with Crippen LogP contribution in [0.2, 0.25) is 0 Å². The minimum absolute atomic E-state index is 0.752. The summed E-state index contributed by atoms with van der Waals surface area (Å²) in [7, 11) is 3.34. The van der Waals surface area contributed by atoms with Crippen molar-refractivity contribution in [3.8, 4) is 11.5 Å². The van der Waals surface area contributed by atoms with Crippen LogP contribution in [0, 0.1) is 0 Å². The number of hydrogen-bond acceptors (Lipinski definition) is 4. The summed E-state index contributed by atoms with van der Waals surface area (Å²) in [5.74, 6) is 1.63. The van der Waals surface area contributed by atoms with Crippen LogP contribution in [0.15, 0.2) is 17.0 Å². The number of rotatable bonds is 7. The largest absolute Gasteiger partial charge is 0.493 e. The van der Waals surface area contributed by atoms with Gasteiger partial charge < -0.3 is 15.2 Å². The molecule has 0 amide bonds. The van der Waals surface area contributed by atoms with E-state index in [4.69, 9.17) is 15.2 Å². The van der Waals surface area contributed by atoms with E-state index in [0.717, 1.165) is 37.3 Å². The molecule has 0 fully saturated rings. The van der Waals surface area contributed by atoms with Crippen molar-refractivity contribution < 1.29 is 9.47 Å². The van der Waals surface area contributed by atoms with Gasteiger partial charge in [0.1, 0.15) is 0 Å². The zero-order valence-electron chi connectivity index (χ0n) is 10.8. The van der Waals surface area contributed by atoms with Crippen molar-refractivity contribution in [1.82, 2.24) is 0 Å². The molecule has 0 aliphatic carbocycles. The van der Waals surface area contributed by atoms with Crippen LogP contribution < -0.4 is 15.2 Å². The third-order valence-electron chi connectivity index (χ3n) is 2.69. The highest BCUT2D eigenvalue weighted by molar-refractivity contribution is 7.98. The Labute approximate surface area is 108 Å². The van der Waals surface area contributed by atoms with Gasteiger partial charge in [0.05, 0.1) is 19.1 Å². The van der Waals surface area contributed by atoms with Crippen molar-refractivity contribution >= 4 is 11.8 Å². The molecule has 0 aliphatic rings. The Bertz CT molecular complexity index is 356. The first kappa shape index (κ1) is 14.2. The highest BCUT2D eigenvalue weighted by atomic mass is 32.2. The van der Waals surface area contributed by atoms with Crippen LogP contribution in [0.25, 0.3) is 0 Å². The van der Waals surface area contributed by atoms with Crippen LogP contribution in [0.1, 0.15) is 18.4 Å². The lowest BCUT2D eigenvalue weighted by Gasteiger charge is -2.15. The molecule has 1 aromatic carbocycles. The zero-order valence-corrected chi connectivity index (χ0v) is 11.6. The summed E-state index contributed by atoms with van der Waals surface area (Å²) < 4.78 is 10.7. The van der Waals surface area contributed by atoms with Crippen molar-refractivity contribution in [1.29, 1.82) is 0 Å². The second-order valence-electron chi connectivity index (χ2n) is 3.74. The second-order valence-corrected chi connectivity index (χ2v) is 4.56. The van der Waals surface area contributed by atoms with Gasteiger partial charge in [0, 0.05) is 0 Å². The summed E-state index contributed by atoms with van der Waals surface area (Å²) in [4.78, 5) is 1.17. The molecule has 0 unspecified atom stereocenters. The van der Waals surface area contributed by atoms with Gasteiger partial charge in [-0.3, -0.25) is 0 Å². The third-order valence-corrected chi connectivity index (χ3v) is 3.54. The van der Waals surface area contributed by atoms with E-state index in [9.17, 15) is 0 Å². The highest BCUT2D eigenvalue weighted by Crippen LogP contribution is 2.39. The quantitative estimate of drug-likeness (QED) is 0.601. The normalized spacial score (nSPS) is 10.4. The number of aryl methyl sites for hydroxylation is 1. The van der Waals surface area contributed by atoms with Gasteiger partial charge in [-0.25, -0.2) is 0 Å². The number of unbranched alkanes of at least 4 members (excludes halogenated alkanes) is 1. The molecule has 96 valence electrons. The van der Waals surface area contributed by atoms with Gasteiger partial charge in [-0.1, -0.05) is 6.07 Å². The smallest absolute Gasteiger partial charge is 0.174 e. The molecule has 17 heavy (non-hydrogen) atoms. The van der Waals surface area contributed by atoms with Gasteiger partial charge in [0.25, 0.3) is 0 Å². The standard InChI is InChI=1S/C13H21NO2S/c1-15-11-8-7-10(6-4-5-9-14)13(17-3)12(11)16-2/h7-8H,4-6,9,14H2,1-3H3. The molecule has 1 rings (SSSR count). The SMILES string of the molecule is COc1ccc(CCCCN)c(SC)c1OC. The molecular formula is C13H21NO2S. The first-order valence-corrected chi connectivity index (χ1v) is 6.98. The summed E-state index contributed by atoms with van der Waals surface area (Å²) in [5.41, 5.74) is 6.82. The molecule has 0 spiro atoms. The molecule has 0 bridgehead atoms. The highest BCUT2D eigenvalue weighted by Gasteiger charge is 2.13. The van der Waals surface area contributed by atoms with Crippen LogP contribution in [-0.2, 0) is 6.42 Å². The lowest BCUT2D eigenvalue weighted by atomic mass is 10.1. The van der Waals surface area contributed by atoms with Gasteiger partial charge in [0.15, 0.2) is 11.5 Å². The predicted molar refractivity (Wildman–Crippen MR) is 73.3 cm³/mol. The fourth-order valence-corrected chi connectivity index (χ4v) is 2.62. The van der Waals surface area contributed by atoms with Gasteiger partial charge >= 0.3 is 0 Å². The molecular weight excluding hydrogens is 234 g/mol. The Morgan fingerprint density at radius 3 is 2.47 bits per heavy atom. The summed E-state index contributed by atoms with van der Waals surface area (Å²) >= 11 is 1.70. The monoisotopic (exact) mass is 255 g/mol. The maximum atomic E-state index is 5.52. The van der Waals surface area contributed by atoms with Crippen LogP contribution in [0.5, 0.6) is 11.5 Å². The Balaban J connectivity index is 2.97. The summed E-state index contributed by atoms with van der Waals surface area (Å²) in [6, 6.07) is 4.08. The van der Waals surface area contributed by atoms with Crippen molar-refractivity contribution in [2.75, 3.05) is 27.0 Å². The van der Waals surface area contributed by atoms with Crippen LogP contribution in [-0.4, -0.2) is 27.0 Å². The minimum Gasteiger partial charge on any atom is -0.493 e. The lowest BCUT2D eigenvalue weighted by molar-refractivity contribution is 0.347. The Hall–Kier alpha value is -0.870. The van der Waals surface area contributed by atoms with Crippen molar-refractivity contribution in [2.24, 2.45) is 5.73 Å². The Morgan fingerprint density at radius 2 is 1.94 bits per heavy atom. The number of hydrogen-bond donors (Lipinski definition) is 1. The maximum Gasteiger partial charge on any atom is 0.174 e. The average molecular weight is 255 g/mol. The second kappa shape index (κ2) is 7.45. The zero-order chi connectivity index (χ0) is 12.7. The number of nitrogens with two attached hydrogens (primary N) is 1. The fourth-order valence-electron chi connectivity index (χ4n) is 1.82. The maximum absolute atomic E-state index is 5.52. The molecule has 3 nitrogen and oxygen atoms in total. The number of ether oxygens (including phenoxy) is 2. The van der Waals surface area contributed by atoms with E-state index in [1.54, 1.807) is 26.0 Å². The van der Waals surface area contributed by atoms with Gasteiger partial charge in [-0.2, -0.15) is 0 Å². The van der Waals surface area contributed by atoms with E-state index in [0.29, 0.717) is 0 Å². The Morgan fingerprint density at radius 1 is 1.18 bits per heavy atom. The van der Waals surface area contributed by atoms with Gasteiger partial charge in [0.2, 0.25) is 0 Å². The fraction of sp³-hybridized carbons (Fsp3) is 0.538. The number of methoxy groups -OCH3 is 2. The first-order valence-electron chi connectivity index (χ1n) is 5.76. The molecule has 2 N–H and O–H groups in total. The van der Waals surface area contributed by atoms with Crippen LogP contribution in [0.3, 0.4) is 0 Å². The summed E-state index contributed by atoms with van der Waals surface area (Å²) in [5, 5.41) is 0. The molecule has 4 heteroatoms. The molecule has 0 saturated heterocycles. The van der Waals surface area contributed by atoms with E-state index in [-0.39, 0.29) is 0 Å². The van der Waals surface area contributed by atoms with E-state index in [2.05, 4.69) is 12.3 Å². The number of thioether (sulfide) groups is 1.